The highest BCUT2D eigenvalue weighted by atomic mass is 32.2. The Morgan fingerprint density at radius 2 is 1.86 bits per heavy atom. The predicted octanol–water partition coefficient (Wildman–Crippen LogP) is 3.65. The lowest BCUT2D eigenvalue weighted by atomic mass is 9.86. The summed E-state index contributed by atoms with van der Waals surface area (Å²) in [5.74, 6) is 0.0626. The number of carbonyl (C=O) groups excluding carboxylic acids is 1. The third-order valence-electron chi connectivity index (χ3n) is 5.32. The summed E-state index contributed by atoms with van der Waals surface area (Å²) in [5, 5.41) is 4.44. The Bertz CT molecular complexity index is 432. The van der Waals surface area contributed by atoms with Crippen LogP contribution in [0, 0.1) is 0 Å². The molecule has 1 N–H and O–H groups in total. The first-order valence-corrected chi connectivity index (χ1v) is 9.65. The molecule has 0 aromatic carbocycles. The number of amides is 1. The van der Waals surface area contributed by atoms with E-state index in [2.05, 4.69) is 10.3 Å². The fourth-order valence-electron chi connectivity index (χ4n) is 3.96. The monoisotopic (exact) mass is 324 g/mol. The maximum Gasteiger partial charge on any atom is 0.264 e. The van der Waals surface area contributed by atoms with E-state index >= 15 is 0 Å². The van der Waals surface area contributed by atoms with Crippen LogP contribution in [0.5, 0.6) is 0 Å². The van der Waals surface area contributed by atoms with Crippen LogP contribution in [0.2, 0.25) is 0 Å². The lowest BCUT2D eigenvalue weighted by molar-refractivity contribution is -0.121. The van der Waals surface area contributed by atoms with Gasteiger partial charge in [-0.3, -0.25) is 4.79 Å². The number of amidine groups is 1. The molecule has 124 valence electrons. The molecule has 3 aliphatic rings. The van der Waals surface area contributed by atoms with Gasteiger partial charge in [-0.15, -0.1) is 0 Å². The second kappa shape index (κ2) is 7.35. The van der Waals surface area contributed by atoms with Crippen LogP contribution in [0.3, 0.4) is 0 Å². The Kier molecular flexibility index (Phi) is 5.45. The molecular formula is C17H28N2O2S. The van der Waals surface area contributed by atoms with Crippen LogP contribution in [0.25, 0.3) is 0 Å². The molecule has 0 bridgehead atoms. The average molecular weight is 324 g/mol. The van der Waals surface area contributed by atoms with E-state index in [1.165, 1.54) is 44.9 Å². The molecule has 3 rings (SSSR count). The van der Waals surface area contributed by atoms with Crippen LogP contribution in [-0.2, 0) is 9.53 Å². The quantitative estimate of drug-likeness (QED) is 0.842. The molecule has 0 aromatic heterocycles. The van der Waals surface area contributed by atoms with E-state index in [0.29, 0.717) is 6.04 Å². The lowest BCUT2D eigenvalue weighted by Gasteiger charge is -2.34. The van der Waals surface area contributed by atoms with Crippen molar-refractivity contribution in [3.8, 4) is 0 Å². The maximum absolute atomic E-state index is 12.5. The van der Waals surface area contributed by atoms with E-state index < -0.39 is 0 Å². The lowest BCUT2D eigenvalue weighted by Crippen LogP contribution is -2.40. The first-order valence-electron chi connectivity index (χ1n) is 8.83. The van der Waals surface area contributed by atoms with Crippen LogP contribution in [0.1, 0.15) is 70.6 Å². The van der Waals surface area contributed by atoms with Crippen molar-refractivity contribution in [1.82, 2.24) is 5.32 Å². The molecule has 1 heterocycles. The summed E-state index contributed by atoms with van der Waals surface area (Å²) in [6.07, 6.45) is 13.2. The molecule has 1 amide bonds. The minimum absolute atomic E-state index is 0.0626. The Hall–Kier alpha value is -0.550. The SMILES string of the molecule is CO[C@@H]1CCC[C@@]2(C1)SC(NC1CCCCCCC1)=NC2=O. The fraction of sp³-hybridized carbons (Fsp3) is 0.882. The zero-order chi connectivity index (χ0) is 15.4. The Morgan fingerprint density at radius 1 is 1.14 bits per heavy atom. The summed E-state index contributed by atoms with van der Waals surface area (Å²) in [5.41, 5.74) is 0. The largest absolute Gasteiger partial charge is 0.381 e. The van der Waals surface area contributed by atoms with Crippen molar-refractivity contribution in [1.29, 1.82) is 0 Å². The highest BCUT2D eigenvalue weighted by Gasteiger charge is 2.48. The number of nitrogens with zero attached hydrogens (tertiary/aromatic N) is 1. The van der Waals surface area contributed by atoms with Gasteiger partial charge in [-0.1, -0.05) is 43.9 Å². The molecule has 4 nitrogen and oxygen atoms in total. The molecule has 1 aliphatic heterocycles. The molecule has 0 unspecified atom stereocenters. The van der Waals surface area contributed by atoms with Crippen LogP contribution in [-0.4, -0.2) is 35.1 Å². The summed E-state index contributed by atoms with van der Waals surface area (Å²) in [4.78, 5) is 16.8. The number of carbonyl (C=O) groups is 1. The predicted molar refractivity (Wildman–Crippen MR) is 91.3 cm³/mol. The van der Waals surface area contributed by atoms with Gasteiger partial charge in [-0.25, -0.2) is 0 Å². The minimum atomic E-state index is -0.344. The molecule has 2 fully saturated rings. The zero-order valence-corrected chi connectivity index (χ0v) is 14.4. The van der Waals surface area contributed by atoms with Gasteiger partial charge >= 0.3 is 0 Å². The Balaban J connectivity index is 1.59. The maximum atomic E-state index is 12.5. The van der Waals surface area contributed by atoms with Crippen molar-refractivity contribution in [2.45, 2.75) is 87.5 Å². The molecule has 2 saturated carbocycles. The zero-order valence-electron chi connectivity index (χ0n) is 13.6. The van der Waals surface area contributed by atoms with Gasteiger partial charge in [0.25, 0.3) is 5.91 Å². The topological polar surface area (TPSA) is 50.7 Å². The Labute approximate surface area is 137 Å². The summed E-state index contributed by atoms with van der Waals surface area (Å²) < 4.78 is 5.16. The number of hydrogen-bond donors (Lipinski definition) is 1. The van der Waals surface area contributed by atoms with E-state index in [1.54, 1.807) is 18.9 Å². The summed E-state index contributed by atoms with van der Waals surface area (Å²) in [6, 6.07) is 0.497. The summed E-state index contributed by atoms with van der Waals surface area (Å²) >= 11 is 1.68. The molecular weight excluding hydrogens is 296 g/mol. The molecule has 1 spiro atoms. The molecule has 0 aromatic rings. The van der Waals surface area contributed by atoms with Gasteiger partial charge in [0.15, 0.2) is 5.17 Å². The van der Waals surface area contributed by atoms with Crippen LogP contribution < -0.4 is 5.32 Å². The van der Waals surface area contributed by atoms with E-state index in [4.69, 9.17) is 4.74 Å². The second-order valence-corrected chi connectivity index (χ2v) is 8.33. The van der Waals surface area contributed by atoms with E-state index in [-0.39, 0.29) is 16.8 Å². The van der Waals surface area contributed by atoms with Crippen LogP contribution >= 0.6 is 11.8 Å². The van der Waals surface area contributed by atoms with Crippen molar-refractivity contribution in [3.63, 3.8) is 0 Å². The number of aliphatic imine (C=N–C) groups is 1. The van der Waals surface area contributed by atoms with Gasteiger partial charge in [-0.05, 0) is 38.5 Å². The molecule has 22 heavy (non-hydrogen) atoms. The van der Waals surface area contributed by atoms with Gasteiger partial charge in [0.05, 0.1) is 6.10 Å². The van der Waals surface area contributed by atoms with Crippen molar-refractivity contribution in [2.75, 3.05) is 7.11 Å². The summed E-state index contributed by atoms with van der Waals surface area (Å²) in [6.45, 7) is 0. The Morgan fingerprint density at radius 3 is 2.59 bits per heavy atom. The van der Waals surface area contributed by atoms with Gasteiger partial charge in [0.2, 0.25) is 0 Å². The third-order valence-corrected chi connectivity index (χ3v) is 6.65. The first kappa shape index (κ1) is 16.3. The second-order valence-electron chi connectivity index (χ2n) is 6.96. The number of rotatable bonds is 2. The molecule has 5 heteroatoms. The number of methoxy groups -OCH3 is 1. The first-order chi connectivity index (χ1) is 10.7. The van der Waals surface area contributed by atoms with Gasteiger partial charge in [0.1, 0.15) is 4.75 Å². The van der Waals surface area contributed by atoms with Crippen LogP contribution in [0.4, 0.5) is 0 Å². The number of hydrogen-bond acceptors (Lipinski definition) is 4. The number of nitrogens with one attached hydrogen (secondary N) is 1. The standard InChI is InChI=1S/C17H28N2O2S/c1-21-14-10-7-11-17(12-14)15(20)19-16(22-17)18-13-8-5-3-2-4-6-9-13/h13-14H,2-12H2,1H3,(H,18,19,20)/t14-,17+/m1/s1. The van der Waals surface area contributed by atoms with E-state index in [9.17, 15) is 4.79 Å². The fourth-order valence-corrected chi connectivity index (χ4v) is 5.33. The number of ether oxygens (including phenoxy) is 1. The van der Waals surface area contributed by atoms with Gasteiger partial charge < -0.3 is 10.1 Å². The van der Waals surface area contributed by atoms with Crippen LogP contribution in [0.15, 0.2) is 4.99 Å². The number of thioether (sulfide) groups is 1. The third kappa shape index (κ3) is 3.67. The van der Waals surface area contributed by atoms with Gasteiger partial charge in [-0.2, -0.15) is 4.99 Å². The summed E-state index contributed by atoms with van der Waals surface area (Å²) in [7, 11) is 1.75. The van der Waals surface area contributed by atoms with Crippen molar-refractivity contribution in [2.24, 2.45) is 4.99 Å². The van der Waals surface area contributed by atoms with E-state index in [0.717, 1.165) is 30.9 Å². The average Bonchev–Trinajstić information content (AvgIpc) is 2.77. The molecule has 2 atom stereocenters. The van der Waals surface area contributed by atoms with E-state index in [1.807, 2.05) is 0 Å². The smallest absolute Gasteiger partial charge is 0.264 e. The highest BCUT2D eigenvalue weighted by Crippen LogP contribution is 2.45. The normalized spacial score (nSPS) is 34.3. The molecule has 0 radical (unpaired) electrons. The minimum Gasteiger partial charge on any atom is -0.381 e. The highest BCUT2D eigenvalue weighted by molar-refractivity contribution is 8.16. The molecule has 2 aliphatic carbocycles. The van der Waals surface area contributed by atoms with Crippen molar-refractivity contribution < 1.29 is 9.53 Å². The molecule has 0 saturated heterocycles. The van der Waals surface area contributed by atoms with Crippen molar-refractivity contribution >= 4 is 22.8 Å². The van der Waals surface area contributed by atoms with Gasteiger partial charge in [0, 0.05) is 13.2 Å². The van der Waals surface area contributed by atoms with Crippen molar-refractivity contribution in [3.05, 3.63) is 0 Å².